The quantitative estimate of drug-likeness (QED) is 0.659. The maximum absolute atomic E-state index is 11.7. The first-order valence-electron chi connectivity index (χ1n) is 5.36. The minimum absolute atomic E-state index is 0.173. The molecule has 0 rings (SSSR count). The summed E-state index contributed by atoms with van der Waals surface area (Å²) >= 11 is 0. The summed E-state index contributed by atoms with van der Waals surface area (Å²) in [6.45, 7) is 8.98. The van der Waals surface area contributed by atoms with E-state index in [0.717, 1.165) is 0 Å². The molecule has 94 valence electrons. The Balaban J connectivity index is 4.60. The van der Waals surface area contributed by atoms with E-state index in [4.69, 9.17) is 10.8 Å². The zero-order valence-corrected chi connectivity index (χ0v) is 10.6. The Morgan fingerprint density at radius 1 is 1.25 bits per heavy atom. The van der Waals surface area contributed by atoms with Crippen LogP contribution in [0.5, 0.6) is 0 Å². The van der Waals surface area contributed by atoms with Gasteiger partial charge in [-0.2, -0.15) is 0 Å². The second-order valence-corrected chi connectivity index (χ2v) is 5.41. The summed E-state index contributed by atoms with van der Waals surface area (Å²) in [4.78, 5) is 22.6. The molecule has 0 aromatic carbocycles. The van der Waals surface area contributed by atoms with E-state index < -0.39 is 24.0 Å². The van der Waals surface area contributed by atoms with Crippen molar-refractivity contribution in [3.8, 4) is 0 Å². The van der Waals surface area contributed by atoms with E-state index in [-0.39, 0.29) is 11.3 Å². The van der Waals surface area contributed by atoms with Gasteiger partial charge < -0.3 is 16.2 Å². The van der Waals surface area contributed by atoms with Gasteiger partial charge in [0.05, 0.1) is 6.04 Å². The average molecular weight is 230 g/mol. The Kier molecular flexibility index (Phi) is 4.93. The number of carboxylic acid groups (broad SMARTS) is 1. The molecule has 0 spiro atoms. The number of rotatable bonds is 4. The Bertz CT molecular complexity index is 269. The van der Waals surface area contributed by atoms with E-state index >= 15 is 0 Å². The van der Waals surface area contributed by atoms with Crippen LogP contribution in [0, 0.1) is 11.3 Å². The van der Waals surface area contributed by atoms with Crippen LogP contribution >= 0.6 is 0 Å². The fourth-order valence-corrected chi connectivity index (χ4v) is 1.15. The first kappa shape index (κ1) is 14.9. The lowest BCUT2D eigenvalue weighted by Gasteiger charge is -2.28. The molecular weight excluding hydrogens is 208 g/mol. The van der Waals surface area contributed by atoms with Gasteiger partial charge >= 0.3 is 5.97 Å². The molecule has 2 atom stereocenters. The van der Waals surface area contributed by atoms with Crippen LogP contribution in [0.2, 0.25) is 0 Å². The van der Waals surface area contributed by atoms with Crippen molar-refractivity contribution in [1.29, 1.82) is 0 Å². The predicted molar refractivity (Wildman–Crippen MR) is 61.8 cm³/mol. The van der Waals surface area contributed by atoms with Gasteiger partial charge in [0.25, 0.3) is 0 Å². The molecule has 0 saturated carbocycles. The molecule has 0 radical (unpaired) electrons. The van der Waals surface area contributed by atoms with Gasteiger partial charge in [-0.3, -0.25) is 4.79 Å². The highest BCUT2D eigenvalue weighted by Crippen LogP contribution is 2.17. The van der Waals surface area contributed by atoms with Crippen molar-refractivity contribution in [3.63, 3.8) is 0 Å². The molecule has 16 heavy (non-hydrogen) atoms. The summed E-state index contributed by atoms with van der Waals surface area (Å²) in [6, 6.07) is -1.60. The van der Waals surface area contributed by atoms with Crippen LogP contribution in [-0.2, 0) is 9.59 Å². The third-order valence-corrected chi connectivity index (χ3v) is 2.45. The Labute approximate surface area is 96.4 Å². The Morgan fingerprint density at radius 3 is 1.94 bits per heavy atom. The molecule has 0 bridgehead atoms. The molecule has 0 fully saturated rings. The fraction of sp³-hybridized carbons (Fsp3) is 0.818. The van der Waals surface area contributed by atoms with Gasteiger partial charge in [-0.25, -0.2) is 4.79 Å². The van der Waals surface area contributed by atoms with Crippen LogP contribution in [0.25, 0.3) is 0 Å². The maximum atomic E-state index is 11.7. The molecule has 1 unspecified atom stereocenters. The average Bonchev–Trinajstić information content (AvgIpc) is 2.09. The van der Waals surface area contributed by atoms with Crippen molar-refractivity contribution in [2.75, 3.05) is 0 Å². The van der Waals surface area contributed by atoms with E-state index in [1.807, 2.05) is 20.8 Å². The molecule has 4 N–H and O–H groups in total. The van der Waals surface area contributed by atoms with Crippen molar-refractivity contribution in [2.24, 2.45) is 17.1 Å². The zero-order chi connectivity index (χ0) is 13.1. The standard InChI is InChI=1S/C11H22N2O3/c1-6(2)7(10(15)16)13-9(14)8(12)11(3,4)5/h6-8H,12H2,1-5H3,(H,13,14)(H,15,16)/t7?,8-/m1/s1. The molecular formula is C11H22N2O3. The summed E-state index contributed by atoms with van der Waals surface area (Å²) in [6.07, 6.45) is 0. The molecule has 0 saturated heterocycles. The smallest absolute Gasteiger partial charge is 0.326 e. The van der Waals surface area contributed by atoms with E-state index in [0.29, 0.717) is 0 Å². The molecule has 0 aliphatic carbocycles. The third kappa shape index (κ3) is 4.18. The minimum Gasteiger partial charge on any atom is -0.480 e. The summed E-state index contributed by atoms with van der Waals surface area (Å²) in [5.74, 6) is -1.63. The molecule has 5 nitrogen and oxygen atoms in total. The monoisotopic (exact) mass is 230 g/mol. The highest BCUT2D eigenvalue weighted by atomic mass is 16.4. The molecule has 1 amide bonds. The number of carboxylic acids is 1. The van der Waals surface area contributed by atoms with Gasteiger partial charge in [-0.05, 0) is 11.3 Å². The van der Waals surface area contributed by atoms with Crippen LogP contribution in [0.4, 0.5) is 0 Å². The number of hydrogen-bond donors (Lipinski definition) is 3. The van der Waals surface area contributed by atoms with E-state index in [1.54, 1.807) is 13.8 Å². The maximum Gasteiger partial charge on any atom is 0.326 e. The zero-order valence-electron chi connectivity index (χ0n) is 10.6. The Morgan fingerprint density at radius 2 is 1.69 bits per heavy atom. The van der Waals surface area contributed by atoms with Crippen LogP contribution in [0.3, 0.4) is 0 Å². The highest BCUT2D eigenvalue weighted by molar-refractivity contribution is 5.87. The number of nitrogens with one attached hydrogen (secondary N) is 1. The number of amides is 1. The number of nitrogens with two attached hydrogens (primary N) is 1. The van der Waals surface area contributed by atoms with Crippen molar-refractivity contribution in [1.82, 2.24) is 5.32 Å². The summed E-state index contributed by atoms with van der Waals surface area (Å²) in [5.41, 5.74) is 5.35. The van der Waals surface area contributed by atoms with Crippen molar-refractivity contribution in [3.05, 3.63) is 0 Å². The highest BCUT2D eigenvalue weighted by Gasteiger charge is 2.31. The molecule has 5 heteroatoms. The number of aliphatic carboxylic acids is 1. The van der Waals surface area contributed by atoms with Crippen molar-refractivity contribution >= 4 is 11.9 Å². The number of carbonyl (C=O) groups excluding carboxylic acids is 1. The minimum atomic E-state index is -1.04. The van der Waals surface area contributed by atoms with E-state index in [9.17, 15) is 9.59 Å². The topological polar surface area (TPSA) is 92.4 Å². The van der Waals surface area contributed by atoms with Gasteiger partial charge in [0.2, 0.25) is 5.91 Å². The van der Waals surface area contributed by atoms with Gasteiger partial charge in [-0.1, -0.05) is 34.6 Å². The first-order valence-corrected chi connectivity index (χ1v) is 5.36. The number of carbonyl (C=O) groups is 2. The SMILES string of the molecule is CC(C)C(NC(=O)[C@@H](N)C(C)(C)C)C(=O)O. The van der Waals surface area contributed by atoms with Gasteiger partial charge in [0.1, 0.15) is 6.04 Å². The third-order valence-electron chi connectivity index (χ3n) is 2.45. The van der Waals surface area contributed by atoms with E-state index in [2.05, 4.69) is 5.32 Å². The lowest BCUT2D eigenvalue weighted by Crippen LogP contribution is -2.54. The predicted octanol–water partition coefficient (Wildman–Crippen LogP) is 0.585. The number of hydrogen-bond acceptors (Lipinski definition) is 3. The van der Waals surface area contributed by atoms with Crippen LogP contribution in [0.1, 0.15) is 34.6 Å². The van der Waals surface area contributed by atoms with Crippen LogP contribution in [0.15, 0.2) is 0 Å². The lowest BCUT2D eigenvalue weighted by atomic mass is 9.86. The largest absolute Gasteiger partial charge is 0.480 e. The summed E-state index contributed by atoms with van der Waals surface area (Å²) in [7, 11) is 0. The lowest BCUT2D eigenvalue weighted by molar-refractivity contribution is -0.143. The Hall–Kier alpha value is -1.10. The first-order chi connectivity index (χ1) is 7.07. The molecule has 0 heterocycles. The van der Waals surface area contributed by atoms with Crippen molar-refractivity contribution < 1.29 is 14.7 Å². The van der Waals surface area contributed by atoms with Gasteiger partial charge in [0.15, 0.2) is 0 Å². The second-order valence-electron chi connectivity index (χ2n) is 5.41. The van der Waals surface area contributed by atoms with Crippen molar-refractivity contribution in [2.45, 2.75) is 46.7 Å². The van der Waals surface area contributed by atoms with E-state index in [1.165, 1.54) is 0 Å². The van der Waals surface area contributed by atoms with Gasteiger partial charge in [-0.15, -0.1) is 0 Å². The molecule has 0 aromatic heterocycles. The van der Waals surface area contributed by atoms with Crippen LogP contribution in [-0.4, -0.2) is 29.1 Å². The molecule has 0 aliphatic rings. The molecule has 0 aliphatic heterocycles. The van der Waals surface area contributed by atoms with Crippen LogP contribution < -0.4 is 11.1 Å². The summed E-state index contributed by atoms with van der Waals surface area (Å²) in [5, 5.41) is 11.4. The summed E-state index contributed by atoms with van der Waals surface area (Å²) < 4.78 is 0. The normalized spacial score (nSPS) is 15.7. The molecule has 0 aromatic rings. The second kappa shape index (κ2) is 5.30. The van der Waals surface area contributed by atoms with Gasteiger partial charge in [0, 0.05) is 0 Å². The fourth-order valence-electron chi connectivity index (χ4n) is 1.15.